The first-order valence-corrected chi connectivity index (χ1v) is 14.0. The Balaban J connectivity index is 1.57. The summed E-state index contributed by atoms with van der Waals surface area (Å²) in [6, 6.07) is 14.5. The maximum Gasteiger partial charge on any atom is 0.459 e. The molecule has 39 heavy (non-hydrogen) atoms. The van der Waals surface area contributed by atoms with Crippen LogP contribution in [0.1, 0.15) is 39.5 Å². The zero-order chi connectivity index (χ0) is 28.4. The number of esters is 1. The summed E-state index contributed by atoms with van der Waals surface area (Å²) < 4.78 is 38.0. The van der Waals surface area contributed by atoms with Gasteiger partial charge in [0.15, 0.2) is 0 Å². The fourth-order valence-corrected chi connectivity index (χ4v) is 5.83. The Morgan fingerprint density at radius 1 is 1.28 bits per heavy atom. The highest BCUT2D eigenvalue weighted by Gasteiger charge is 2.55. The van der Waals surface area contributed by atoms with Crippen LogP contribution in [0.25, 0.3) is 5.52 Å². The quantitative estimate of drug-likeness (QED) is 0.247. The maximum atomic E-state index is 13.8. The summed E-state index contributed by atoms with van der Waals surface area (Å²) in [4.78, 5) is 12.4. The van der Waals surface area contributed by atoms with Gasteiger partial charge in [-0.2, -0.15) is 15.4 Å². The monoisotopic (exact) mass is 557 g/mol. The number of hydrogen-bond acceptors (Lipinski definition) is 10. The van der Waals surface area contributed by atoms with Gasteiger partial charge in [0.1, 0.15) is 35.5 Å². The van der Waals surface area contributed by atoms with Gasteiger partial charge < -0.3 is 24.8 Å². The first-order chi connectivity index (χ1) is 18.5. The number of nitrogens with zero attached hydrogens (tertiary/aromatic N) is 3. The number of ether oxygens (including phenoxy) is 2. The highest BCUT2D eigenvalue weighted by molar-refractivity contribution is 7.52. The molecule has 0 spiro atoms. The first kappa shape index (κ1) is 28.5. The molecule has 12 nitrogen and oxygen atoms in total. The topological polar surface area (TPSA) is 170 Å². The van der Waals surface area contributed by atoms with E-state index in [0.717, 1.165) is 0 Å². The summed E-state index contributed by atoms with van der Waals surface area (Å²) in [5.41, 5.74) is 6.27. The third-order valence-corrected chi connectivity index (χ3v) is 8.03. The molecule has 6 atom stereocenters. The van der Waals surface area contributed by atoms with Crippen LogP contribution >= 0.6 is 7.75 Å². The molecule has 4 N–H and O–H groups in total. The number of hydrogen-bond donors (Lipinski definition) is 3. The number of aliphatic hydroxyl groups is 1. The van der Waals surface area contributed by atoms with Crippen molar-refractivity contribution in [1.29, 1.82) is 5.26 Å². The molecule has 0 radical (unpaired) electrons. The van der Waals surface area contributed by atoms with Crippen molar-refractivity contribution in [3.8, 4) is 11.8 Å². The molecule has 1 aliphatic rings. The molecular weight excluding hydrogens is 525 g/mol. The Hall–Kier alpha value is -3.46. The van der Waals surface area contributed by atoms with Gasteiger partial charge in [-0.05, 0) is 58.0 Å². The Kier molecular flexibility index (Phi) is 8.30. The zero-order valence-electron chi connectivity index (χ0n) is 22.1. The van der Waals surface area contributed by atoms with Crippen molar-refractivity contribution >= 4 is 24.9 Å². The minimum absolute atomic E-state index is 0.230. The number of benzene rings is 1. The number of aromatic nitrogens is 2. The molecule has 3 heterocycles. The lowest BCUT2D eigenvalue weighted by Crippen LogP contribution is -2.39. The zero-order valence-corrected chi connectivity index (χ0v) is 22.9. The Labute approximate surface area is 226 Å². The number of fused-ring (bicyclic) bond motifs is 1. The van der Waals surface area contributed by atoms with Crippen LogP contribution in [0.3, 0.4) is 0 Å². The van der Waals surface area contributed by atoms with Crippen molar-refractivity contribution < 1.29 is 33.0 Å². The van der Waals surface area contributed by atoms with E-state index in [1.54, 1.807) is 73.8 Å². The molecule has 0 saturated carbocycles. The molecular formula is C26H32N5O7P. The molecule has 0 bridgehead atoms. The molecule has 0 aliphatic carbocycles. The molecule has 1 fully saturated rings. The second-order valence-corrected chi connectivity index (χ2v) is 11.5. The summed E-state index contributed by atoms with van der Waals surface area (Å²) in [6.07, 6.45) is -2.17. The molecule has 1 aromatic carbocycles. The number of nitrogens with two attached hydrogens (primary N) is 1. The van der Waals surface area contributed by atoms with E-state index in [9.17, 15) is 19.7 Å². The molecule has 2 aromatic heterocycles. The summed E-state index contributed by atoms with van der Waals surface area (Å²) in [5, 5.41) is 28.1. The number of carbonyl (C=O) groups is 1. The Morgan fingerprint density at radius 3 is 2.67 bits per heavy atom. The van der Waals surface area contributed by atoms with Gasteiger partial charge in [0.25, 0.3) is 0 Å². The number of aliphatic hydroxyl groups excluding tert-OH is 1. The SMILES string of the molecule is CC(C)OC(=O)[C@H](C)N[P@@](=O)(OC[C@H]1O[C@@H](c2ccc3c(N)ccnn23)[C@](C)(C#N)[C@@H]1O)Oc1ccccc1. The average Bonchev–Trinajstić information content (AvgIpc) is 3.43. The number of nitrogen functional groups attached to an aromatic ring is 1. The number of nitriles is 1. The van der Waals surface area contributed by atoms with Crippen molar-refractivity contribution in [3.63, 3.8) is 0 Å². The van der Waals surface area contributed by atoms with E-state index >= 15 is 0 Å². The second-order valence-electron chi connectivity index (χ2n) is 9.77. The number of anilines is 1. The van der Waals surface area contributed by atoms with Gasteiger partial charge in [-0.25, -0.2) is 9.08 Å². The van der Waals surface area contributed by atoms with E-state index in [1.807, 2.05) is 0 Å². The van der Waals surface area contributed by atoms with Crippen LogP contribution in [0.5, 0.6) is 5.75 Å². The molecule has 4 rings (SSSR count). The number of rotatable bonds is 10. The summed E-state index contributed by atoms with van der Waals surface area (Å²) >= 11 is 0. The van der Waals surface area contributed by atoms with Crippen LogP contribution in [0.2, 0.25) is 0 Å². The number of nitrogens with one attached hydrogen (secondary N) is 1. The van der Waals surface area contributed by atoms with Gasteiger partial charge in [0.2, 0.25) is 0 Å². The van der Waals surface area contributed by atoms with Gasteiger partial charge in [-0.3, -0.25) is 9.32 Å². The number of carbonyl (C=O) groups excluding carboxylic acids is 1. The highest BCUT2D eigenvalue weighted by Crippen LogP contribution is 2.50. The minimum atomic E-state index is -4.21. The lowest BCUT2D eigenvalue weighted by Gasteiger charge is -2.26. The van der Waals surface area contributed by atoms with Crippen molar-refractivity contribution in [2.45, 2.75) is 58.2 Å². The normalized spacial score (nSPS) is 25.2. The second kappa shape index (κ2) is 11.3. The van der Waals surface area contributed by atoms with Crippen molar-refractivity contribution in [1.82, 2.24) is 14.7 Å². The van der Waals surface area contributed by atoms with Crippen LogP contribution in [0, 0.1) is 16.7 Å². The first-order valence-electron chi connectivity index (χ1n) is 12.4. The van der Waals surface area contributed by atoms with Gasteiger partial charge in [0.05, 0.1) is 35.7 Å². The standard InChI is InChI=1S/C26H32N5O7P/c1-16(2)36-25(33)17(3)30-39(34,38-18-8-6-5-7-9-18)35-14-22-23(32)26(4,15-27)24(37-22)21-11-10-20-19(28)12-13-29-31(20)21/h5-13,16-17,22-24,32H,14,28H2,1-4H3,(H,30,34)/t17-,22+,23+,24-,26+,39+/m0/s1. The Bertz CT molecular complexity index is 1410. The fourth-order valence-electron chi connectivity index (χ4n) is 4.33. The summed E-state index contributed by atoms with van der Waals surface area (Å²) in [5.74, 6) is -0.416. The minimum Gasteiger partial charge on any atom is -0.462 e. The van der Waals surface area contributed by atoms with Crippen molar-refractivity contribution in [3.05, 3.63) is 60.4 Å². The van der Waals surface area contributed by atoms with E-state index < -0.39 is 50.1 Å². The van der Waals surface area contributed by atoms with Crippen LogP contribution < -0.4 is 15.3 Å². The third kappa shape index (κ3) is 5.93. The number of para-hydroxylation sites is 1. The van der Waals surface area contributed by atoms with Crippen LogP contribution in [-0.2, 0) is 23.4 Å². The van der Waals surface area contributed by atoms with Gasteiger partial charge in [0, 0.05) is 6.20 Å². The smallest absolute Gasteiger partial charge is 0.459 e. The van der Waals surface area contributed by atoms with E-state index in [4.69, 9.17) is 24.3 Å². The average molecular weight is 558 g/mol. The molecule has 1 aliphatic heterocycles. The van der Waals surface area contributed by atoms with Gasteiger partial charge >= 0.3 is 13.7 Å². The Morgan fingerprint density at radius 2 is 2.00 bits per heavy atom. The third-order valence-electron chi connectivity index (χ3n) is 6.38. The molecule has 0 unspecified atom stereocenters. The maximum absolute atomic E-state index is 13.8. The lowest BCUT2D eigenvalue weighted by atomic mass is 9.79. The van der Waals surface area contributed by atoms with E-state index in [1.165, 1.54) is 13.1 Å². The molecule has 0 amide bonds. The molecule has 208 valence electrons. The van der Waals surface area contributed by atoms with E-state index in [-0.39, 0.29) is 11.9 Å². The largest absolute Gasteiger partial charge is 0.462 e. The van der Waals surface area contributed by atoms with Crippen LogP contribution in [0.15, 0.2) is 54.7 Å². The van der Waals surface area contributed by atoms with E-state index in [0.29, 0.717) is 16.9 Å². The predicted molar refractivity (Wildman–Crippen MR) is 141 cm³/mol. The predicted octanol–water partition coefficient (Wildman–Crippen LogP) is 3.38. The summed E-state index contributed by atoms with van der Waals surface area (Å²) in [6.45, 7) is 6.00. The molecule has 3 aromatic rings. The van der Waals surface area contributed by atoms with Crippen molar-refractivity contribution in [2.24, 2.45) is 5.41 Å². The van der Waals surface area contributed by atoms with Gasteiger partial charge in [-0.1, -0.05) is 18.2 Å². The van der Waals surface area contributed by atoms with Crippen LogP contribution in [-0.4, -0.2) is 51.7 Å². The van der Waals surface area contributed by atoms with Crippen molar-refractivity contribution in [2.75, 3.05) is 12.3 Å². The highest BCUT2D eigenvalue weighted by atomic mass is 31.2. The lowest BCUT2D eigenvalue weighted by molar-refractivity contribution is -0.149. The fraction of sp³-hybridized carbons (Fsp3) is 0.423. The molecule has 1 saturated heterocycles. The summed E-state index contributed by atoms with van der Waals surface area (Å²) in [7, 11) is -4.21. The van der Waals surface area contributed by atoms with Crippen LogP contribution in [0.4, 0.5) is 5.69 Å². The van der Waals surface area contributed by atoms with E-state index in [2.05, 4.69) is 16.3 Å². The molecule has 13 heteroatoms. The van der Waals surface area contributed by atoms with Gasteiger partial charge in [-0.15, -0.1) is 0 Å².